The Hall–Kier alpha value is -0.660. The lowest BCUT2D eigenvalue weighted by atomic mass is 9.80. The number of hydrogen-bond donors (Lipinski definition) is 3. The van der Waals surface area contributed by atoms with Crippen LogP contribution in [0, 0.1) is 5.92 Å². The van der Waals surface area contributed by atoms with E-state index >= 15 is 0 Å². The summed E-state index contributed by atoms with van der Waals surface area (Å²) in [7, 11) is -3.84. The van der Waals surface area contributed by atoms with Gasteiger partial charge in [-0.3, -0.25) is 4.79 Å². The van der Waals surface area contributed by atoms with Gasteiger partial charge in [-0.2, -0.15) is 0 Å². The number of carbonyl (C=O) groups is 1. The van der Waals surface area contributed by atoms with E-state index in [0.29, 0.717) is 18.8 Å². The molecule has 1 fully saturated rings. The van der Waals surface area contributed by atoms with Crippen LogP contribution in [-0.2, 0) is 14.8 Å². The van der Waals surface area contributed by atoms with Gasteiger partial charge in [-0.1, -0.05) is 6.92 Å². The van der Waals surface area contributed by atoms with Gasteiger partial charge >= 0.3 is 5.97 Å². The van der Waals surface area contributed by atoms with Crippen LogP contribution in [0.25, 0.3) is 0 Å². The van der Waals surface area contributed by atoms with Gasteiger partial charge in [0.05, 0.1) is 5.60 Å². The van der Waals surface area contributed by atoms with Crippen LogP contribution in [0.1, 0.15) is 32.6 Å². The molecule has 0 heterocycles. The summed E-state index contributed by atoms with van der Waals surface area (Å²) < 4.78 is 24.7. The molecule has 17 heavy (non-hydrogen) atoms. The van der Waals surface area contributed by atoms with E-state index in [-0.39, 0.29) is 6.54 Å². The van der Waals surface area contributed by atoms with E-state index in [1.807, 2.05) is 0 Å². The number of aliphatic hydroxyl groups is 1. The van der Waals surface area contributed by atoms with Crippen molar-refractivity contribution in [2.24, 2.45) is 5.92 Å². The summed E-state index contributed by atoms with van der Waals surface area (Å²) >= 11 is 0. The van der Waals surface area contributed by atoms with E-state index in [4.69, 9.17) is 5.11 Å². The number of hydrogen-bond acceptors (Lipinski definition) is 4. The predicted molar refractivity (Wildman–Crippen MR) is 62.0 cm³/mol. The van der Waals surface area contributed by atoms with Crippen LogP contribution in [-0.4, -0.2) is 42.5 Å². The molecule has 1 aliphatic carbocycles. The maximum atomic E-state index is 11.3. The van der Waals surface area contributed by atoms with Crippen LogP contribution in [0.3, 0.4) is 0 Å². The second-order valence-electron chi connectivity index (χ2n) is 4.88. The number of sulfonamides is 1. The average molecular weight is 265 g/mol. The summed E-state index contributed by atoms with van der Waals surface area (Å²) in [6.45, 7) is 1.99. The molecule has 100 valence electrons. The molecule has 7 heteroatoms. The predicted octanol–water partition coefficient (Wildman–Crippen LogP) is -0.0684. The molecule has 0 bridgehead atoms. The molecule has 1 saturated carbocycles. The van der Waals surface area contributed by atoms with Gasteiger partial charge in [0.1, 0.15) is 0 Å². The highest BCUT2D eigenvalue weighted by atomic mass is 32.2. The molecule has 0 amide bonds. The van der Waals surface area contributed by atoms with Crippen molar-refractivity contribution in [1.82, 2.24) is 4.72 Å². The lowest BCUT2D eigenvalue weighted by molar-refractivity contribution is -0.134. The fourth-order valence-electron chi connectivity index (χ4n) is 1.93. The molecule has 0 radical (unpaired) electrons. The molecule has 1 aliphatic rings. The fraction of sp³-hybridized carbons (Fsp3) is 0.900. The molecular formula is C10H19NO5S. The molecule has 0 aliphatic heterocycles. The van der Waals surface area contributed by atoms with Gasteiger partial charge in [-0.25, -0.2) is 13.1 Å². The summed E-state index contributed by atoms with van der Waals surface area (Å²) in [6, 6.07) is 0. The van der Waals surface area contributed by atoms with E-state index < -0.39 is 27.3 Å². The summed E-state index contributed by atoms with van der Waals surface area (Å²) in [5.41, 5.74) is -1.03. The molecule has 0 saturated heterocycles. The Morgan fingerprint density at radius 1 is 1.41 bits per heavy atom. The zero-order chi connectivity index (χ0) is 13.1. The van der Waals surface area contributed by atoms with E-state index in [2.05, 4.69) is 11.6 Å². The first kappa shape index (κ1) is 14.4. The Labute approximate surface area is 101 Å². The number of carboxylic acid groups (broad SMARTS) is 1. The second kappa shape index (κ2) is 5.32. The molecule has 3 N–H and O–H groups in total. The quantitative estimate of drug-likeness (QED) is 0.645. The molecule has 0 spiro atoms. The van der Waals surface area contributed by atoms with Gasteiger partial charge in [-0.05, 0) is 31.6 Å². The minimum absolute atomic E-state index is 0.102. The third-order valence-electron chi connectivity index (χ3n) is 3.14. The Morgan fingerprint density at radius 2 is 1.94 bits per heavy atom. The molecule has 1 rings (SSSR count). The molecule has 0 atom stereocenters. The van der Waals surface area contributed by atoms with Gasteiger partial charge < -0.3 is 10.2 Å². The van der Waals surface area contributed by atoms with Crippen molar-refractivity contribution in [3.63, 3.8) is 0 Å². The Bertz CT molecular complexity index is 370. The van der Waals surface area contributed by atoms with Crippen molar-refractivity contribution in [2.45, 2.75) is 38.2 Å². The highest BCUT2D eigenvalue weighted by molar-refractivity contribution is 7.90. The highest BCUT2D eigenvalue weighted by Gasteiger charge is 2.33. The van der Waals surface area contributed by atoms with E-state index in [1.54, 1.807) is 0 Å². The topological polar surface area (TPSA) is 104 Å². The van der Waals surface area contributed by atoms with Crippen LogP contribution < -0.4 is 4.72 Å². The first-order valence-corrected chi connectivity index (χ1v) is 7.29. The van der Waals surface area contributed by atoms with Gasteiger partial charge in [0.2, 0.25) is 10.0 Å². The summed E-state index contributed by atoms with van der Waals surface area (Å²) in [5, 5.41) is 18.5. The standard InChI is InChI=1S/C10H19NO5S/c1-8-2-4-10(14,5-3-8)7-11-17(15,16)6-9(12)13/h8,11,14H,2-7H2,1H3,(H,12,13). The normalized spacial score (nSPS) is 30.1. The number of nitrogens with one attached hydrogen (secondary N) is 1. The van der Waals surface area contributed by atoms with Crippen LogP contribution >= 0.6 is 0 Å². The van der Waals surface area contributed by atoms with Crippen LogP contribution in [0.4, 0.5) is 0 Å². The monoisotopic (exact) mass is 265 g/mol. The molecular weight excluding hydrogens is 246 g/mol. The van der Waals surface area contributed by atoms with Crippen LogP contribution in [0.5, 0.6) is 0 Å². The van der Waals surface area contributed by atoms with Crippen LogP contribution in [0.2, 0.25) is 0 Å². The zero-order valence-electron chi connectivity index (χ0n) is 9.85. The molecule has 0 unspecified atom stereocenters. The minimum atomic E-state index is -3.84. The van der Waals surface area contributed by atoms with Gasteiger partial charge in [0.15, 0.2) is 5.75 Å². The Kier molecular flexibility index (Phi) is 4.51. The van der Waals surface area contributed by atoms with E-state index in [9.17, 15) is 18.3 Å². The first-order chi connectivity index (χ1) is 7.72. The molecule has 0 aromatic rings. The summed E-state index contributed by atoms with van der Waals surface area (Å²) in [4.78, 5) is 10.3. The zero-order valence-corrected chi connectivity index (χ0v) is 10.7. The van der Waals surface area contributed by atoms with Crippen molar-refractivity contribution in [2.75, 3.05) is 12.3 Å². The summed E-state index contributed by atoms with van der Waals surface area (Å²) in [6.07, 6.45) is 2.81. The maximum Gasteiger partial charge on any atom is 0.320 e. The fourth-order valence-corrected chi connectivity index (χ4v) is 2.85. The van der Waals surface area contributed by atoms with Crippen molar-refractivity contribution >= 4 is 16.0 Å². The Morgan fingerprint density at radius 3 is 2.41 bits per heavy atom. The SMILES string of the molecule is CC1CCC(O)(CNS(=O)(=O)CC(=O)O)CC1. The smallest absolute Gasteiger partial charge is 0.320 e. The molecule has 6 nitrogen and oxygen atoms in total. The van der Waals surface area contributed by atoms with Crippen molar-refractivity contribution in [3.05, 3.63) is 0 Å². The number of aliphatic carboxylic acids is 1. The van der Waals surface area contributed by atoms with E-state index in [1.165, 1.54) is 0 Å². The van der Waals surface area contributed by atoms with Crippen molar-refractivity contribution < 1.29 is 23.4 Å². The lowest BCUT2D eigenvalue weighted by Crippen LogP contribution is -2.46. The number of rotatable bonds is 5. The summed E-state index contributed by atoms with van der Waals surface area (Å²) in [5.74, 6) is -1.81. The first-order valence-electron chi connectivity index (χ1n) is 5.64. The lowest BCUT2D eigenvalue weighted by Gasteiger charge is -2.34. The highest BCUT2D eigenvalue weighted by Crippen LogP contribution is 2.31. The minimum Gasteiger partial charge on any atom is -0.480 e. The van der Waals surface area contributed by atoms with Crippen molar-refractivity contribution in [1.29, 1.82) is 0 Å². The third kappa shape index (κ3) is 5.01. The van der Waals surface area contributed by atoms with Gasteiger partial charge in [0, 0.05) is 6.54 Å². The van der Waals surface area contributed by atoms with Gasteiger partial charge in [0.25, 0.3) is 0 Å². The van der Waals surface area contributed by atoms with Gasteiger partial charge in [-0.15, -0.1) is 0 Å². The van der Waals surface area contributed by atoms with Crippen molar-refractivity contribution in [3.8, 4) is 0 Å². The number of carboxylic acids is 1. The maximum absolute atomic E-state index is 11.3. The third-order valence-corrected chi connectivity index (χ3v) is 4.35. The average Bonchev–Trinajstić information content (AvgIpc) is 2.19. The Balaban J connectivity index is 2.47. The van der Waals surface area contributed by atoms with E-state index in [0.717, 1.165) is 12.8 Å². The van der Waals surface area contributed by atoms with Crippen LogP contribution in [0.15, 0.2) is 0 Å². The second-order valence-corrected chi connectivity index (χ2v) is 6.69. The molecule has 0 aromatic carbocycles. The molecule has 0 aromatic heterocycles. The largest absolute Gasteiger partial charge is 0.480 e.